The van der Waals surface area contributed by atoms with E-state index in [4.69, 9.17) is 38.8 Å². The third-order valence-electron chi connectivity index (χ3n) is 4.36. The number of halogens is 2. The fourth-order valence-corrected chi connectivity index (χ4v) is 3.59. The summed E-state index contributed by atoms with van der Waals surface area (Å²) in [5.41, 5.74) is 0.640. The predicted octanol–water partition coefficient (Wildman–Crippen LogP) is 5.62. The fraction of sp³-hybridized carbons (Fsp3) is 0.208. The number of aromatic nitrogens is 4. The molecule has 13 heteroatoms. The number of hydrogen-bond acceptors (Lipinski definition) is 8. The first-order chi connectivity index (χ1) is 17.6. The first kappa shape index (κ1) is 27.7. The summed E-state index contributed by atoms with van der Waals surface area (Å²) in [7, 11) is 0. The zero-order valence-electron chi connectivity index (χ0n) is 20.0. The number of terminal acetylenes is 1. The average Bonchev–Trinajstić information content (AvgIpc) is 3.49. The lowest BCUT2D eigenvalue weighted by atomic mass is 9.97. The molecule has 0 unspecified atom stereocenters. The third kappa shape index (κ3) is 7.82. The lowest BCUT2D eigenvalue weighted by Gasteiger charge is -2.11. The molecule has 2 amide bonds. The molecule has 0 aliphatic heterocycles. The van der Waals surface area contributed by atoms with Crippen molar-refractivity contribution < 1.29 is 13.9 Å². The molecule has 2 aromatic carbocycles. The number of carbonyl (C=O) groups is 1. The smallest absolute Gasteiger partial charge is 0.442 e. The first-order valence-corrected chi connectivity index (χ1v) is 12.2. The monoisotopic (exact) mass is 560 g/mol. The number of urea groups is 1. The molecule has 37 heavy (non-hydrogen) atoms. The Morgan fingerprint density at radius 2 is 1.92 bits per heavy atom. The Balaban J connectivity index is 0.000000220. The quantitative estimate of drug-likeness (QED) is 0.303. The molecule has 0 spiro atoms. The summed E-state index contributed by atoms with van der Waals surface area (Å²) >= 11 is 13.3. The summed E-state index contributed by atoms with van der Waals surface area (Å²) in [6.07, 6.45) is 6.65. The normalized spacial score (nSPS) is 10.6. The number of nitrogens with one attached hydrogen (secondary N) is 2. The van der Waals surface area contributed by atoms with Gasteiger partial charge in [-0.3, -0.25) is 5.32 Å². The van der Waals surface area contributed by atoms with E-state index >= 15 is 0 Å². The van der Waals surface area contributed by atoms with Crippen molar-refractivity contribution >= 4 is 51.5 Å². The van der Waals surface area contributed by atoms with E-state index < -0.39 is 11.2 Å². The van der Waals surface area contributed by atoms with Crippen molar-refractivity contribution in [1.82, 2.24) is 19.4 Å². The van der Waals surface area contributed by atoms with Crippen LogP contribution in [0.3, 0.4) is 0 Å². The van der Waals surface area contributed by atoms with Crippen LogP contribution in [0.5, 0.6) is 5.75 Å². The van der Waals surface area contributed by atoms with Crippen molar-refractivity contribution in [2.24, 2.45) is 0 Å². The molecule has 0 fully saturated rings. The molecule has 4 aromatic rings. The second-order valence-corrected chi connectivity index (χ2v) is 9.89. The largest absolute Gasteiger partial charge is 0.479 e. The highest BCUT2D eigenvalue weighted by Crippen LogP contribution is 2.33. The van der Waals surface area contributed by atoms with Gasteiger partial charge in [0.25, 0.3) is 0 Å². The summed E-state index contributed by atoms with van der Waals surface area (Å²) in [5.74, 6) is 2.31. The highest BCUT2D eigenvalue weighted by molar-refractivity contribution is 7.10. The molecule has 0 saturated heterocycles. The molecule has 2 heterocycles. The van der Waals surface area contributed by atoms with Crippen LogP contribution in [0.1, 0.15) is 26.7 Å². The van der Waals surface area contributed by atoms with Crippen LogP contribution in [0, 0.1) is 12.3 Å². The van der Waals surface area contributed by atoms with Gasteiger partial charge >= 0.3 is 11.8 Å². The number of amides is 2. The topological polar surface area (TPSA) is 124 Å². The number of ether oxygens (including phenoxy) is 1. The zero-order chi connectivity index (χ0) is 27.0. The third-order valence-corrected chi connectivity index (χ3v) is 5.54. The number of benzene rings is 2. The van der Waals surface area contributed by atoms with Crippen LogP contribution in [0.15, 0.2) is 57.9 Å². The molecule has 0 radical (unpaired) electrons. The summed E-state index contributed by atoms with van der Waals surface area (Å²) in [6, 6.07) is 11.9. The van der Waals surface area contributed by atoms with Gasteiger partial charge in [0.15, 0.2) is 0 Å². The molecule has 10 nitrogen and oxygen atoms in total. The van der Waals surface area contributed by atoms with Gasteiger partial charge < -0.3 is 14.5 Å². The van der Waals surface area contributed by atoms with E-state index in [1.807, 2.05) is 51.1 Å². The lowest BCUT2D eigenvalue weighted by molar-refractivity contribution is 0.262. The molecule has 0 aliphatic rings. The maximum Gasteiger partial charge on any atom is 0.442 e. The first-order valence-electron chi connectivity index (χ1n) is 10.6. The van der Waals surface area contributed by atoms with Crippen molar-refractivity contribution in [2.75, 3.05) is 17.2 Å². The van der Waals surface area contributed by atoms with Gasteiger partial charge in [0.2, 0.25) is 5.89 Å². The van der Waals surface area contributed by atoms with Crippen LogP contribution in [0.2, 0.25) is 10.0 Å². The van der Waals surface area contributed by atoms with E-state index in [1.54, 1.807) is 0 Å². The molecule has 2 aromatic heterocycles. The Morgan fingerprint density at radius 3 is 2.51 bits per heavy atom. The van der Waals surface area contributed by atoms with Crippen LogP contribution in [0.4, 0.5) is 15.5 Å². The van der Waals surface area contributed by atoms with Gasteiger partial charge in [-0.05, 0) is 18.2 Å². The minimum absolute atomic E-state index is 0.0434. The zero-order valence-corrected chi connectivity index (χ0v) is 22.3. The molecular formula is C24H22Cl2N6O4S. The van der Waals surface area contributed by atoms with E-state index in [0.29, 0.717) is 22.3 Å². The molecule has 0 bridgehead atoms. The predicted molar refractivity (Wildman–Crippen MR) is 144 cm³/mol. The van der Waals surface area contributed by atoms with Gasteiger partial charge in [-0.1, -0.05) is 72.6 Å². The summed E-state index contributed by atoms with van der Waals surface area (Å²) < 4.78 is 15.2. The Bertz CT molecular complexity index is 1440. The molecule has 0 saturated carbocycles. The summed E-state index contributed by atoms with van der Waals surface area (Å²) in [5, 5.41) is 14.2. The number of nitrogens with zero attached hydrogens (tertiary/aromatic N) is 4. The maximum atomic E-state index is 12.0. The van der Waals surface area contributed by atoms with E-state index in [0.717, 1.165) is 21.9 Å². The van der Waals surface area contributed by atoms with Crippen LogP contribution < -0.4 is 21.1 Å². The van der Waals surface area contributed by atoms with Crippen molar-refractivity contribution in [3.05, 3.63) is 75.1 Å². The number of rotatable bonds is 5. The molecule has 2 N–H and O–H groups in total. The second kappa shape index (κ2) is 12.4. The van der Waals surface area contributed by atoms with E-state index in [-0.39, 0.29) is 22.7 Å². The number of anilines is 2. The van der Waals surface area contributed by atoms with Crippen LogP contribution in [-0.4, -0.2) is 32.0 Å². The van der Waals surface area contributed by atoms with Crippen molar-refractivity contribution in [1.29, 1.82) is 0 Å². The highest BCUT2D eigenvalue weighted by Gasteiger charge is 2.24. The van der Waals surface area contributed by atoms with Crippen molar-refractivity contribution in [3.63, 3.8) is 0 Å². The van der Waals surface area contributed by atoms with Crippen LogP contribution >= 0.6 is 34.7 Å². The number of carbonyl (C=O) groups excluding carboxylic acids is 1. The number of para-hydroxylation sites is 1. The van der Waals surface area contributed by atoms with Gasteiger partial charge in [0, 0.05) is 28.7 Å². The maximum absolute atomic E-state index is 12.0. The van der Waals surface area contributed by atoms with Crippen molar-refractivity contribution in [3.8, 4) is 23.8 Å². The minimum Gasteiger partial charge on any atom is -0.479 e. The summed E-state index contributed by atoms with van der Waals surface area (Å²) in [4.78, 5) is 23.4. The Labute approximate surface area is 226 Å². The van der Waals surface area contributed by atoms with Gasteiger partial charge in [-0.25, -0.2) is 9.59 Å². The van der Waals surface area contributed by atoms with Gasteiger partial charge in [-0.15, -0.1) is 16.6 Å². The summed E-state index contributed by atoms with van der Waals surface area (Å²) in [6.45, 7) is 5.69. The molecule has 0 atom stereocenters. The van der Waals surface area contributed by atoms with Crippen LogP contribution in [0.25, 0.3) is 5.69 Å². The molecule has 0 aliphatic carbocycles. The lowest BCUT2D eigenvalue weighted by Crippen LogP contribution is -2.18. The molecule has 4 rings (SSSR count). The standard InChI is InChI=1S/C15H14Cl2N2O3.C9H8N4OS/c1-5-6-21-12-8-11(9(16)7-10(12)17)19-14(20)22-13(18-19)15(2,3)4;14-9(12-8-6-10-13-15-8)11-7-4-2-1-3-5-7/h1,7-8H,6H2,2-4H3;1-6H,(H2,11,12,14). The molecule has 192 valence electrons. The van der Waals surface area contributed by atoms with E-state index in [2.05, 4.69) is 31.2 Å². The fourth-order valence-electron chi connectivity index (χ4n) is 2.66. The Morgan fingerprint density at radius 1 is 1.19 bits per heavy atom. The van der Waals surface area contributed by atoms with E-state index in [1.165, 1.54) is 18.3 Å². The Kier molecular flexibility index (Phi) is 9.30. The minimum atomic E-state index is -0.642. The molecular weight excluding hydrogens is 539 g/mol. The van der Waals surface area contributed by atoms with E-state index in [9.17, 15) is 9.59 Å². The second-order valence-electron chi connectivity index (χ2n) is 8.29. The SMILES string of the molecule is C#CCOc1cc(-n2nc(C(C)(C)C)oc2=O)c(Cl)cc1Cl.O=C(Nc1ccccc1)Nc1cnns1. The average molecular weight is 561 g/mol. The number of hydrogen-bond donors (Lipinski definition) is 2. The van der Waals surface area contributed by atoms with Crippen molar-refractivity contribution in [2.45, 2.75) is 26.2 Å². The van der Waals surface area contributed by atoms with Crippen LogP contribution in [-0.2, 0) is 5.41 Å². The van der Waals surface area contributed by atoms with Gasteiger partial charge in [-0.2, -0.15) is 4.68 Å². The highest BCUT2D eigenvalue weighted by atomic mass is 35.5. The van der Waals surface area contributed by atoms with Gasteiger partial charge in [0.05, 0.1) is 21.9 Å². The Hall–Kier alpha value is -3.85. The van der Waals surface area contributed by atoms with Gasteiger partial charge in [0.1, 0.15) is 17.4 Å².